The lowest BCUT2D eigenvalue weighted by Gasteiger charge is -2.32. The van der Waals surface area contributed by atoms with Gasteiger partial charge < -0.3 is 24.1 Å². The summed E-state index contributed by atoms with van der Waals surface area (Å²) >= 11 is 0. The van der Waals surface area contributed by atoms with Crippen LogP contribution in [0.2, 0.25) is 0 Å². The fraction of sp³-hybridized carbons (Fsp3) is 0.750. The molecule has 0 aliphatic carbocycles. The molecule has 10 heteroatoms. The molecule has 1 aromatic heterocycles. The van der Waals surface area contributed by atoms with E-state index in [-0.39, 0.29) is 6.42 Å². The molecule has 0 saturated heterocycles. The summed E-state index contributed by atoms with van der Waals surface area (Å²) in [5, 5.41) is 3.84. The molecule has 0 aromatic carbocycles. The van der Waals surface area contributed by atoms with Gasteiger partial charge in [-0.1, -0.05) is 39.8 Å². The second-order valence-electron chi connectivity index (χ2n) is 6.20. The van der Waals surface area contributed by atoms with Crippen LogP contribution in [-0.4, -0.2) is 24.7 Å². The van der Waals surface area contributed by atoms with Crippen LogP contribution in [-0.2, 0) is 25.9 Å². The number of nitrogens with zero attached hydrogens (tertiary/aromatic N) is 1. The second-order valence-corrected chi connectivity index (χ2v) is 10.3. The van der Waals surface area contributed by atoms with E-state index in [9.17, 15) is 28.7 Å². The molecule has 4 N–H and O–H groups in total. The quantitative estimate of drug-likeness (QED) is 0.590. The van der Waals surface area contributed by atoms with Crippen LogP contribution in [0.5, 0.6) is 0 Å². The van der Waals surface area contributed by atoms with E-state index in [1.165, 1.54) is 6.92 Å². The minimum absolute atomic E-state index is 0.285. The van der Waals surface area contributed by atoms with Crippen molar-refractivity contribution in [1.29, 1.82) is 0 Å². The highest BCUT2D eigenvalue weighted by atomic mass is 31.2. The zero-order chi connectivity index (χ0) is 17.6. The molecule has 0 saturated carbocycles. The summed E-state index contributed by atoms with van der Waals surface area (Å²) in [6, 6.07) is 0. The number of rotatable bonds is 5. The van der Waals surface area contributed by atoms with E-state index >= 15 is 0 Å². The first-order chi connectivity index (χ1) is 9.74. The molecule has 1 rings (SSSR count). The Kier molecular flexibility index (Phi) is 5.21. The third-order valence-electron chi connectivity index (χ3n) is 3.67. The summed E-state index contributed by atoms with van der Waals surface area (Å²) in [5.41, 5.74) is 0.279. The van der Waals surface area contributed by atoms with Crippen LogP contribution in [0.4, 0.5) is 0 Å². The maximum atomic E-state index is 12.0. The van der Waals surface area contributed by atoms with Crippen molar-refractivity contribution < 1.29 is 33.2 Å². The molecule has 8 nitrogen and oxygen atoms in total. The van der Waals surface area contributed by atoms with E-state index in [0.29, 0.717) is 11.3 Å². The summed E-state index contributed by atoms with van der Waals surface area (Å²) in [6.07, 6.45) is -0.194. The summed E-state index contributed by atoms with van der Waals surface area (Å²) in [7, 11) is -10.5. The summed E-state index contributed by atoms with van der Waals surface area (Å²) < 4.78 is 29.0. The molecule has 1 aromatic rings. The Morgan fingerprint density at radius 3 is 1.77 bits per heavy atom. The first-order valence-electron chi connectivity index (χ1n) is 6.84. The smallest absolute Gasteiger partial charge is 0.351 e. The standard InChI is InChI=1S/C12H23NO7P2/c1-6-8-9(11(3,4)5)13-20-10(8)12(7-2,21(14,15)16)22(17,18)19/h6-7H2,1-5H3,(H2,14,15,16)(H2,17,18,19). The second kappa shape index (κ2) is 5.86. The topological polar surface area (TPSA) is 141 Å². The van der Waals surface area contributed by atoms with Gasteiger partial charge in [0.05, 0.1) is 5.69 Å². The number of hydrogen-bond donors (Lipinski definition) is 4. The van der Waals surface area contributed by atoms with E-state index in [1.807, 2.05) is 20.8 Å². The highest BCUT2D eigenvalue weighted by molar-refractivity contribution is 7.71. The first-order valence-corrected chi connectivity index (χ1v) is 10.1. The minimum Gasteiger partial charge on any atom is -0.359 e. The predicted molar refractivity (Wildman–Crippen MR) is 80.6 cm³/mol. The molecule has 22 heavy (non-hydrogen) atoms. The van der Waals surface area contributed by atoms with Crippen molar-refractivity contribution in [2.45, 2.75) is 57.8 Å². The van der Waals surface area contributed by atoms with Crippen LogP contribution in [0.3, 0.4) is 0 Å². The van der Waals surface area contributed by atoms with Crippen LogP contribution in [0, 0.1) is 0 Å². The van der Waals surface area contributed by atoms with Crippen molar-refractivity contribution in [3.63, 3.8) is 0 Å². The monoisotopic (exact) mass is 355 g/mol. The lowest BCUT2D eigenvalue weighted by molar-refractivity contribution is 0.271. The average molecular weight is 355 g/mol. The summed E-state index contributed by atoms with van der Waals surface area (Å²) in [4.78, 5) is 36.0. The normalized spacial score (nSPS) is 14.4. The Labute approximate surface area is 129 Å². The maximum absolute atomic E-state index is 12.0. The zero-order valence-corrected chi connectivity index (χ0v) is 15.1. The molecule has 0 atom stereocenters. The molecular formula is C12H23NO7P2. The Morgan fingerprint density at radius 2 is 1.50 bits per heavy atom. The van der Waals surface area contributed by atoms with E-state index < -0.39 is 37.7 Å². The molecule has 1 heterocycles. The van der Waals surface area contributed by atoms with Gasteiger partial charge in [-0.05, 0) is 12.8 Å². The largest absolute Gasteiger partial charge is 0.359 e. The van der Waals surface area contributed by atoms with Crippen molar-refractivity contribution in [3.05, 3.63) is 17.0 Å². The van der Waals surface area contributed by atoms with Crippen LogP contribution < -0.4 is 0 Å². The Bertz CT molecular complexity index is 612. The molecule has 0 fully saturated rings. The lowest BCUT2D eigenvalue weighted by atomic mass is 9.87. The third kappa shape index (κ3) is 2.96. The molecule has 0 aliphatic rings. The minimum atomic E-state index is -5.23. The molecule has 0 spiro atoms. The highest BCUT2D eigenvalue weighted by Crippen LogP contribution is 2.76. The maximum Gasteiger partial charge on any atom is 0.351 e. The van der Waals surface area contributed by atoms with Gasteiger partial charge in [0, 0.05) is 11.0 Å². The van der Waals surface area contributed by atoms with E-state index in [2.05, 4.69) is 5.16 Å². The van der Waals surface area contributed by atoms with Gasteiger partial charge in [0.1, 0.15) is 0 Å². The summed E-state index contributed by atoms with van der Waals surface area (Å²) in [5.74, 6) is -0.413. The van der Waals surface area contributed by atoms with Crippen LogP contribution in [0.25, 0.3) is 0 Å². The van der Waals surface area contributed by atoms with E-state index in [1.54, 1.807) is 6.92 Å². The van der Waals surface area contributed by atoms with Gasteiger partial charge in [-0.3, -0.25) is 9.13 Å². The third-order valence-corrected chi connectivity index (χ3v) is 8.20. The Morgan fingerprint density at radius 1 is 1.05 bits per heavy atom. The number of hydrogen-bond acceptors (Lipinski definition) is 4. The van der Waals surface area contributed by atoms with Gasteiger partial charge in [-0.2, -0.15) is 0 Å². The SMILES string of the molecule is CCc1c(C(C)(C)C)noc1C(CC)(P(=O)(O)O)P(=O)(O)O. The van der Waals surface area contributed by atoms with E-state index in [4.69, 9.17) is 4.52 Å². The van der Waals surface area contributed by atoms with Crippen LogP contribution in [0.15, 0.2) is 4.52 Å². The molecule has 0 amide bonds. The fourth-order valence-electron chi connectivity index (χ4n) is 2.55. The molecule has 0 unspecified atom stereocenters. The van der Waals surface area contributed by atoms with Crippen molar-refractivity contribution >= 4 is 15.2 Å². The van der Waals surface area contributed by atoms with E-state index in [0.717, 1.165) is 0 Å². The zero-order valence-electron chi connectivity index (χ0n) is 13.3. The predicted octanol–water partition coefficient (Wildman–Crippen LogP) is 2.45. The molecule has 0 aliphatic heterocycles. The Hall–Kier alpha value is -0.490. The number of aromatic nitrogens is 1. The van der Waals surface area contributed by atoms with Gasteiger partial charge >= 0.3 is 15.2 Å². The van der Waals surface area contributed by atoms with Gasteiger partial charge in [0.2, 0.25) is 4.90 Å². The fourth-order valence-corrected chi connectivity index (χ4v) is 5.61. The van der Waals surface area contributed by atoms with Gasteiger partial charge in [-0.15, -0.1) is 0 Å². The summed E-state index contributed by atoms with van der Waals surface area (Å²) in [6.45, 7) is 8.51. The van der Waals surface area contributed by atoms with Crippen molar-refractivity contribution in [2.24, 2.45) is 0 Å². The molecule has 0 radical (unpaired) electrons. The van der Waals surface area contributed by atoms with Gasteiger partial charge in [0.15, 0.2) is 5.76 Å². The Balaban J connectivity index is 3.85. The van der Waals surface area contributed by atoms with Crippen molar-refractivity contribution in [2.75, 3.05) is 0 Å². The molecule has 128 valence electrons. The highest BCUT2D eigenvalue weighted by Gasteiger charge is 2.64. The van der Waals surface area contributed by atoms with Gasteiger partial charge in [-0.25, -0.2) is 0 Å². The molecular weight excluding hydrogens is 332 g/mol. The van der Waals surface area contributed by atoms with Crippen molar-refractivity contribution in [1.82, 2.24) is 5.16 Å². The van der Waals surface area contributed by atoms with Crippen LogP contribution >= 0.6 is 15.2 Å². The molecule has 0 bridgehead atoms. The average Bonchev–Trinajstić information content (AvgIpc) is 2.70. The van der Waals surface area contributed by atoms with Crippen LogP contribution in [0.1, 0.15) is 58.1 Å². The lowest BCUT2D eigenvalue weighted by Crippen LogP contribution is -2.27. The van der Waals surface area contributed by atoms with Crippen molar-refractivity contribution in [3.8, 4) is 0 Å². The first kappa shape index (κ1) is 19.6. The van der Waals surface area contributed by atoms with Gasteiger partial charge in [0.25, 0.3) is 0 Å².